The summed E-state index contributed by atoms with van der Waals surface area (Å²) in [6.45, 7) is 2.48. The minimum atomic E-state index is -3.88. The molecule has 7 heteroatoms. The van der Waals surface area contributed by atoms with Gasteiger partial charge in [-0.1, -0.05) is 6.07 Å². The average molecular weight is 323 g/mol. The van der Waals surface area contributed by atoms with E-state index in [2.05, 4.69) is 4.72 Å². The number of anilines is 1. The highest BCUT2D eigenvalue weighted by Crippen LogP contribution is 2.33. The van der Waals surface area contributed by atoms with Gasteiger partial charge in [0.25, 0.3) is 10.0 Å². The Labute approximate surface area is 127 Å². The Morgan fingerprint density at radius 3 is 2.55 bits per heavy atom. The van der Waals surface area contributed by atoms with E-state index in [1.54, 1.807) is 25.1 Å². The smallest absolute Gasteiger partial charge is 0.262 e. The van der Waals surface area contributed by atoms with Crippen LogP contribution in [0.1, 0.15) is 5.56 Å². The summed E-state index contributed by atoms with van der Waals surface area (Å²) in [6, 6.07) is 8.38. The Bertz CT molecular complexity index is 820. The van der Waals surface area contributed by atoms with Crippen molar-refractivity contribution in [2.24, 2.45) is 0 Å². The average Bonchev–Trinajstić information content (AvgIpc) is 2.49. The van der Waals surface area contributed by atoms with Gasteiger partial charge in [-0.05, 0) is 36.8 Å². The Kier molecular flexibility index (Phi) is 3.66. The molecule has 0 radical (unpaired) electrons. The number of benzene rings is 2. The third kappa shape index (κ3) is 2.85. The van der Waals surface area contributed by atoms with Crippen LogP contribution in [-0.2, 0) is 10.0 Å². The first kappa shape index (κ1) is 14.6. The van der Waals surface area contributed by atoms with Crippen LogP contribution in [0.5, 0.6) is 11.5 Å². The van der Waals surface area contributed by atoms with Gasteiger partial charge in [-0.2, -0.15) is 0 Å². The molecule has 1 heterocycles. The van der Waals surface area contributed by atoms with E-state index in [9.17, 15) is 12.8 Å². The van der Waals surface area contributed by atoms with Crippen LogP contribution in [0.15, 0.2) is 41.3 Å². The lowest BCUT2D eigenvalue weighted by Crippen LogP contribution is -2.17. The van der Waals surface area contributed by atoms with Crippen LogP contribution in [-0.4, -0.2) is 21.6 Å². The normalized spacial score (nSPS) is 13.7. The molecule has 0 aromatic heterocycles. The summed E-state index contributed by atoms with van der Waals surface area (Å²) in [6.07, 6.45) is 0. The maximum atomic E-state index is 13.3. The molecule has 5 nitrogen and oxygen atoms in total. The summed E-state index contributed by atoms with van der Waals surface area (Å²) < 4.78 is 51.3. The van der Waals surface area contributed by atoms with Crippen LogP contribution < -0.4 is 14.2 Å². The Morgan fingerprint density at radius 2 is 1.77 bits per heavy atom. The number of sulfonamides is 1. The SMILES string of the molecule is Cc1ccc(F)cc1S(=O)(=O)Nc1ccc2c(c1)OCCO2. The van der Waals surface area contributed by atoms with Crippen molar-refractivity contribution in [1.29, 1.82) is 0 Å². The van der Waals surface area contributed by atoms with Crippen LogP contribution in [0.2, 0.25) is 0 Å². The van der Waals surface area contributed by atoms with Gasteiger partial charge in [0.15, 0.2) is 11.5 Å². The van der Waals surface area contributed by atoms with Gasteiger partial charge in [0.1, 0.15) is 19.0 Å². The molecule has 116 valence electrons. The van der Waals surface area contributed by atoms with E-state index in [1.807, 2.05) is 0 Å². The quantitative estimate of drug-likeness (QED) is 0.943. The van der Waals surface area contributed by atoms with Crippen LogP contribution >= 0.6 is 0 Å². The second-order valence-corrected chi connectivity index (χ2v) is 6.52. The third-order valence-corrected chi connectivity index (χ3v) is 4.76. The van der Waals surface area contributed by atoms with Gasteiger partial charge >= 0.3 is 0 Å². The lowest BCUT2D eigenvalue weighted by Gasteiger charge is -2.19. The largest absolute Gasteiger partial charge is 0.486 e. The Morgan fingerprint density at radius 1 is 1.05 bits per heavy atom. The molecule has 0 spiro atoms. The molecule has 3 rings (SSSR count). The summed E-state index contributed by atoms with van der Waals surface area (Å²) in [5.41, 5.74) is 0.791. The highest BCUT2D eigenvalue weighted by Gasteiger charge is 2.19. The zero-order chi connectivity index (χ0) is 15.7. The van der Waals surface area contributed by atoms with E-state index in [-0.39, 0.29) is 4.90 Å². The molecule has 0 saturated heterocycles. The molecule has 2 aromatic carbocycles. The molecule has 0 aliphatic carbocycles. The highest BCUT2D eigenvalue weighted by atomic mass is 32.2. The second kappa shape index (κ2) is 5.49. The van der Waals surface area contributed by atoms with Crippen molar-refractivity contribution in [3.05, 3.63) is 47.8 Å². The number of aryl methyl sites for hydroxylation is 1. The van der Waals surface area contributed by atoms with Crippen molar-refractivity contribution >= 4 is 15.7 Å². The monoisotopic (exact) mass is 323 g/mol. The fourth-order valence-corrected chi connectivity index (χ4v) is 3.49. The van der Waals surface area contributed by atoms with Gasteiger partial charge in [0.2, 0.25) is 0 Å². The molecule has 1 aliphatic heterocycles. The number of ether oxygens (including phenoxy) is 2. The van der Waals surface area contributed by atoms with Crippen molar-refractivity contribution in [2.45, 2.75) is 11.8 Å². The van der Waals surface area contributed by atoms with Crippen molar-refractivity contribution in [2.75, 3.05) is 17.9 Å². The first-order chi connectivity index (χ1) is 10.5. The molecule has 0 fully saturated rings. The van der Waals surface area contributed by atoms with Gasteiger partial charge < -0.3 is 9.47 Å². The molecule has 0 atom stereocenters. The molecule has 2 aromatic rings. The molecule has 0 amide bonds. The van der Waals surface area contributed by atoms with Crippen LogP contribution in [0, 0.1) is 12.7 Å². The van der Waals surface area contributed by atoms with Crippen molar-refractivity contribution < 1.29 is 22.3 Å². The number of fused-ring (bicyclic) bond motifs is 1. The number of hydrogen-bond acceptors (Lipinski definition) is 4. The van der Waals surface area contributed by atoms with E-state index in [4.69, 9.17) is 9.47 Å². The molecule has 1 N–H and O–H groups in total. The maximum absolute atomic E-state index is 13.3. The van der Waals surface area contributed by atoms with Gasteiger partial charge in [-0.15, -0.1) is 0 Å². The van der Waals surface area contributed by atoms with E-state index < -0.39 is 15.8 Å². The summed E-state index contributed by atoms with van der Waals surface area (Å²) in [5.74, 6) is 0.437. The molecule has 22 heavy (non-hydrogen) atoms. The number of halogens is 1. The maximum Gasteiger partial charge on any atom is 0.262 e. The second-order valence-electron chi connectivity index (χ2n) is 4.87. The lowest BCUT2D eigenvalue weighted by molar-refractivity contribution is 0.171. The fourth-order valence-electron chi connectivity index (χ4n) is 2.18. The first-order valence-corrected chi connectivity index (χ1v) is 8.13. The fraction of sp³-hybridized carbons (Fsp3) is 0.200. The molecular formula is C15H14FNO4S. The molecular weight excluding hydrogens is 309 g/mol. The standard InChI is InChI=1S/C15H14FNO4S/c1-10-2-3-11(16)8-15(10)22(18,19)17-12-4-5-13-14(9-12)21-7-6-20-13/h2-5,8-9,17H,6-7H2,1H3. The van der Waals surface area contributed by atoms with Gasteiger partial charge in [-0.25, -0.2) is 12.8 Å². The zero-order valence-corrected chi connectivity index (χ0v) is 12.6. The summed E-state index contributed by atoms with van der Waals surface area (Å²) in [5, 5.41) is 0. The van der Waals surface area contributed by atoms with Gasteiger partial charge in [0.05, 0.1) is 10.6 Å². The Hall–Kier alpha value is -2.28. The number of rotatable bonds is 3. The van der Waals surface area contributed by atoms with Crippen LogP contribution in [0.25, 0.3) is 0 Å². The van der Waals surface area contributed by atoms with Gasteiger partial charge in [-0.3, -0.25) is 4.72 Å². The molecule has 1 aliphatic rings. The number of nitrogens with one attached hydrogen (secondary N) is 1. The minimum Gasteiger partial charge on any atom is -0.486 e. The highest BCUT2D eigenvalue weighted by molar-refractivity contribution is 7.92. The topological polar surface area (TPSA) is 64.6 Å². The summed E-state index contributed by atoms with van der Waals surface area (Å²) >= 11 is 0. The lowest BCUT2D eigenvalue weighted by atomic mass is 10.2. The van der Waals surface area contributed by atoms with Gasteiger partial charge in [0, 0.05) is 6.07 Å². The van der Waals surface area contributed by atoms with Crippen molar-refractivity contribution in [3.8, 4) is 11.5 Å². The van der Waals surface area contributed by atoms with Crippen molar-refractivity contribution in [1.82, 2.24) is 0 Å². The van der Waals surface area contributed by atoms with E-state index in [0.717, 1.165) is 6.07 Å². The zero-order valence-electron chi connectivity index (χ0n) is 11.8. The molecule has 0 saturated carbocycles. The van der Waals surface area contributed by atoms with Crippen molar-refractivity contribution in [3.63, 3.8) is 0 Å². The molecule has 0 unspecified atom stereocenters. The van der Waals surface area contributed by atoms with Crippen LogP contribution in [0.4, 0.5) is 10.1 Å². The Balaban J connectivity index is 1.93. The van der Waals surface area contributed by atoms with Crippen LogP contribution in [0.3, 0.4) is 0 Å². The van der Waals surface area contributed by atoms with E-state index in [1.165, 1.54) is 12.1 Å². The number of hydrogen-bond donors (Lipinski definition) is 1. The molecule has 0 bridgehead atoms. The first-order valence-electron chi connectivity index (χ1n) is 6.64. The third-order valence-electron chi connectivity index (χ3n) is 3.23. The summed E-state index contributed by atoms with van der Waals surface area (Å²) in [4.78, 5) is -0.0950. The van der Waals surface area contributed by atoms with E-state index >= 15 is 0 Å². The van der Waals surface area contributed by atoms with E-state index in [0.29, 0.717) is 36.0 Å². The minimum absolute atomic E-state index is 0.0950. The summed E-state index contributed by atoms with van der Waals surface area (Å²) in [7, 11) is -3.88. The predicted octanol–water partition coefficient (Wildman–Crippen LogP) is 2.71. The predicted molar refractivity (Wildman–Crippen MR) is 79.4 cm³/mol.